The maximum atomic E-state index is 12.6. The van der Waals surface area contributed by atoms with E-state index in [4.69, 9.17) is 22.1 Å². The van der Waals surface area contributed by atoms with Crippen molar-refractivity contribution in [1.82, 2.24) is 9.88 Å². The Morgan fingerprint density at radius 3 is 2.75 bits per heavy atom. The van der Waals surface area contributed by atoms with Crippen LogP contribution in [0.1, 0.15) is 16.9 Å². The highest BCUT2D eigenvalue weighted by molar-refractivity contribution is 6.30. The zero-order valence-corrected chi connectivity index (χ0v) is 13.7. The highest BCUT2D eigenvalue weighted by atomic mass is 35.5. The molecule has 0 spiro atoms. The average molecular weight is 348 g/mol. The number of pyridine rings is 1. The van der Waals surface area contributed by atoms with Crippen molar-refractivity contribution < 1.29 is 14.6 Å². The molecule has 2 atom stereocenters. The molecule has 2 aromatic rings. The Morgan fingerprint density at radius 1 is 1.29 bits per heavy atom. The van der Waals surface area contributed by atoms with Gasteiger partial charge in [0.05, 0.1) is 12.6 Å². The molecule has 24 heavy (non-hydrogen) atoms. The van der Waals surface area contributed by atoms with E-state index in [0.717, 1.165) is 0 Å². The predicted octanol–water partition coefficient (Wildman–Crippen LogP) is 1.97. The van der Waals surface area contributed by atoms with Crippen molar-refractivity contribution in [3.8, 4) is 5.75 Å². The van der Waals surface area contributed by atoms with Crippen LogP contribution in [0.2, 0.25) is 5.02 Å². The van der Waals surface area contributed by atoms with Gasteiger partial charge in [0.15, 0.2) is 0 Å². The number of amides is 1. The zero-order chi connectivity index (χ0) is 17.1. The molecule has 0 bridgehead atoms. The Balaban J connectivity index is 1.70. The van der Waals surface area contributed by atoms with Crippen molar-refractivity contribution >= 4 is 23.3 Å². The first-order valence-corrected chi connectivity index (χ1v) is 8.03. The maximum absolute atomic E-state index is 12.6. The second-order valence-electron chi connectivity index (χ2n) is 5.67. The van der Waals surface area contributed by atoms with E-state index in [9.17, 15) is 9.90 Å². The molecule has 3 rings (SSSR count). The van der Waals surface area contributed by atoms with Crippen molar-refractivity contribution in [2.24, 2.45) is 0 Å². The van der Waals surface area contributed by atoms with Gasteiger partial charge in [-0.15, -0.1) is 0 Å². The Labute approximate surface area is 144 Å². The Bertz CT molecular complexity index is 723. The number of halogens is 1. The van der Waals surface area contributed by atoms with Crippen LogP contribution in [0.5, 0.6) is 5.75 Å². The summed E-state index contributed by atoms with van der Waals surface area (Å²) in [5.41, 5.74) is 5.92. The Hall–Kier alpha value is -2.31. The van der Waals surface area contributed by atoms with E-state index < -0.39 is 12.2 Å². The van der Waals surface area contributed by atoms with Gasteiger partial charge in [-0.25, -0.2) is 4.98 Å². The fourth-order valence-electron chi connectivity index (χ4n) is 2.62. The predicted molar refractivity (Wildman–Crippen MR) is 91.0 cm³/mol. The van der Waals surface area contributed by atoms with E-state index in [2.05, 4.69) is 4.98 Å². The number of nitrogens with zero attached hydrogens (tertiary/aromatic N) is 2. The summed E-state index contributed by atoms with van der Waals surface area (Å²) in [7, 11) is 0. The summed E-state index contributed by atoms with van der Waals surface area (Å²) in [5.74, 6) is 0.672. The molecule has 3 N–H and O–H groups in total. The van der Waals surface area contributed by atoms with E-state index in [1.165, 1.54) is 0 Å². The van der Waals surface area contributed by atoms with Gasteiger partial charge < -0.3 is 20.5 Å². The van der Waals surface area contributed by atoms with Crippen molar-refractivity contribution in [3.63, 3.8) is 0 Å². The van der Waals surface area contributed by atoms with Crippen LogP contribution in [0, 0.1) is 0 Å². The number of benzene rings is 1. The minimum absolute atomic E-state index is 0.223. The fraction of sp³-hybridized carbons (Fsp3) is 0.294. The molecule has 1 aliphatic heterocycles. The van der Waals surface area contributed by atoms with Gasteiger partial charge >= 0.3 is 0 Å². The van der Waals surface area contributed by atoms with Crippen LogP contribution in [0.4, 0.5) is 5.82 Å². The largest absolute Gasteiger partial charge is 0.486 e. The van der Waals surface area contributed by atoms with Crippen LogP contribution in [0.3, 0.4) is 0 Å². The van der Waals surface area contributed by atoms with Crippen LogP contribution < -0.4 is 10.5 Å². The van der Waals surface area contributed by atoms with Crippen LogP contribution in [0.25, 0.3) is 0 Å². The van der Waals surface area contributed by atoms with Crippen LogP contribution in [-0.2, 0) is 0 Å². The molecule has 1 aromatic heterocycles. The van der Waals surface area contributed by atoms with Crippen LogP contribution in [0.15, 0.2) is 42.5 Å². The first kappa shape index (κ1) is 16.5. The van der Waals surface area contributed by atoms with Crippen LogP contribution in [-0.4, -0.2) is 46.2 Å². The third-order valence-corrected chi connectivity index (χ3v) is 4.15. The minimum atomic E-state index is -0.640. The van der Waals surface area contributed by atoms with Gasteiger partial charge in [-0.1, -0.05) is 17.7 Å². The third kappa shape index (κ3) is 3.77. The van der Waals surface area contributed by atoms with Gasteiger partial charge in [0.2, 0.25) is 0 Å². The van der Waals surface area contributed by atoms with E-state index >= 15 is 0 Å². The van der Waals surface area contributed by atoms with Crippen LogP contribution >= 0.6 is 11.6 Å². The van der Waals surface area contributed by atoms with Crippen molar-refractivity contribution in [3.05, 3.63) is 53.2 Å². The molecule has 2 heterocycles. The lowest BCUT2D eigenvalue weighted by molar-refractivity contribution is -0.0193. The number of nitrogens with two attached hydrogens (primary N) is 1. The summed E-state index contributed by atoms with van der Waals surface area (Å²) < 4.78 is 5.81. The van der Waals surface area contributed by atoms with Crippen molar-refractivity contribution in [2.45, 2.75) is 18.6 Å². The molecule has 0 radical (unpaired) electrons. The number of carbonyl (C=O) groups excluding carboxylic acids is 1. The summed E-state index contributed by atoms with van der Waals surface area (Å²) in [6, 6.07) is 11.8. The number of rotatable bonds is 3. The summed E-state index contributed by atoms with van der Waals surface area (Å²) in [5, 5.41) is 10.8. The highest BCUT2D eigenvalue weighted by Crippen LogP contribution is 2.22. The second kappa shape index (κ2) is 7.07. The van der Waals surface area contributed by atoms with Gasteiger partial charge in [0.25, 0.3) is 5.91 Å². The molecule has 1 amide bonds. The summed E-state index contributed by atoms with van der Waals surface area (Å²) in [6.45, 7) is 0.718. The standard InChI is InChI=1S/C17H18ClN3O3/c18-11-4-6-12(7-5-11)24-15-10-21(9-8-14(15)22)17(23)13-2-1-3-16(19)20-13/h1-7,14-15,22H,8-10H2,(H2,19,20)/t14-,15-/m1/s1. The first-order valence-electron chi connectivity index (χ1n) is 7.65. The van der Waals surface area contributed by atoms with Gasteiger partial charge in [-0.2, -0.15) is 0 Å². The first-order chi connectivity index (χ1) is 11.5. The lowest BCUT2D eigenvalue weighted by Crippen LogP contribution is -2.51. The quantitative estimate of drug-likeness (QED) is 0.886. The number of aromatic nitrogens is 1. The second-order valence-corrected chi connectivity index (χ2v) is 6.10. The number of hydrogen-bond donors (Lipinski definition) is 2. The van der Waals surface area contributed by atoms with E-state index in [1.54, 1.807) is 47.4 Å². The summed E-state index contributed by atoms with van der Waals surface area (Å²) in [4.78, 5) is 18.2. The van der Waals surface area contributed by atoms with Gasteiger partial charge in [-0.05, 0) is 42.8 Å². The topological polar surface area (TPSA) is 88.7 Å². The molecule has 7 heteroatoms. The normalized spacial score (nSPS) is 20.7. The number of nitrogen functional groups attached to an aromatic ring is 1. The molecular weight excluding hydrogens is 330 g/mol. The SMILES string of the molecule is Nc1cccc(C(=O)N2CC[C@@H](O)[C@H](Oc3ccc(Cl)cc3)C2)n1. The number of aliphatic hydroxyl groups excluding tert-OH is 1. The molecule has 126 valence electrons. The Kier molecular flexibility index (Phi) is 4.87. The number of aliphatic hydroxyl groups is 1. The lowest BCUT2D eigenvalue weighted by atomic mass is 10.0. The number of likely N-dealkylation sites (tertiary alicyclic amines) is 1. The molecule has 0 unspecified atom stereocenters. The van der Waals surface area contributed by atoms with Gasteiger partial charge in [0, 0.05) is 11.6 Å². The molecule has 1 saturated heterocycles. The molecule has 1 aliphatic rings. The monoisotopic (exact) mass is 347 g/mol. The zero-order valence-electron chi connectivity index (χ0n) is 12.9. The van der Waals surface area contributed by atoms with Gasteiger partial charge in [0.1, 0.15) is 23.4 Å². The number of anilines is 1. The number of hydrogen-bond acceptors (Lipinski definition) is 5. The lowest BCUT2D eigenvalue weighted by Gasteiger charge is -2.36. The summed E-state index contributed by atoms with van der Waals surface area (Å²) >= 11 is 5.85. The van der Waals surface area contributed by atoms with Crippen molar-refractivity contribution in [1.29, 1.82) is 0 Å². The molecule has 1 aromatic carbocycles. The number of carbonyl (C=O) groups is 1. The molecule has 0 saturated carbocycles. The molecule has 1 fully saturated rings. The highest BCUT2D eigenvalue weighted by Gasteiger charge is 2.32. The maximum Gasteiger partial charge on any atom is 0.272 e. The Morgan fingerprint density at radius 2 is 2.04 bits per heavy atom. The smallest absolute Gasteiger partial charge is 0.272 e. The van der Waals surface area contributed by atoms with Gasteiger partial charge in [-0.3, -0.25) is 4.79 Å². The number of piperidine rings is 1. The fourth-order valence-corrected chi connectivity index (χ4v) is 2.75. The minimum Gasteiger partial charge on any atom is -0.486 e. The molecular formula is C17H18ClN3O3. The van der Waals surface area contributed by atoms with E-state index in [0.29, 0.717) is 29.6 Å². The molecule has 0 aliphatic carbocycles. The van der Waals surface area contributed by atoms with E-state index in [-0.39, 0.29) is 18.1 Å². The third-order valence-electron chi connectivity index (χ3n) is 3.90. The average Bonchev–Trinajstić information content (AvgIpc) is 2.58. The van der Waals surface area contributed by atoms with E-state index in [1.807, 2.05) is 0 Å². The van der Waals surface area contributed by atoms with Crippen molar-refractivity contribution in [2.75, 3.05) is 18.8 Å². The molecule has 6 nitrogen and oxygen atoms in total. The summed E-state index contributed by atoms with van der Waals surface area (Å²) in [6.07, 6.45) is -0.713. The number of ether oxygens (including phenoxy) is 1.